The summed E-state index contributed by atoms with van der Waals surface area (Å²) in [5.74, 6) is 0. The summed E-state index contributed by atoms with van der Waals surface area (Å²) in [5.41, 5.74) is 0.211. The molecule has 0 aromatic carbocycles. The molecule has 1 N–H and O–H groups in total. The maximum atomic E-state index is 9.04. The fraction of sp³-hybridized carbons (Fsp3) is 0.923. The number of nitriles is 1. The van der Waals surface area contributed by atoms with Gasteiger partial charge in [-0.15, -0.1) is 0 Å². The first kappa shape index (κ1) is 15.4. The van der Waals surface area contributed by atoms with E-state index in [1.165, 1.54) is 0 Å². The molecular weight excluding hydrogens is 198 g/mol. The van der Waals surface area contributed by atoms with Crippen molar-refractivity contribution in [3.63, 3.8) is 0 Å². The predicted molar refractivity (Wildman–Crippen MR) is 69.3 cm³/mol. The van der Waals surface area contributed by atoms with Crippen LogP contribution in [0.3, 0.4) is 0 Å². The van der Waals surface area contributed by atoms with Gasteiger partial charge >= 0.3 is 0 Å². The molecule has 0 spiro atoms. The predicted octanol–water partition coefficient (Wildman–Crippen LogP) is 2.25. The quantitative estimate of drug-likeness (QED) is 0.722. The van der Waals surface area contributed by atoms with Crippen molar-refractivity contribution in [1.82, 2.24) is 10.2 Å². The number of rotatable bonds is 7. The number of likely N-dealkylation sites (N-methyl/N-ethyl adjacent to an activating group) is 1. The lowest BCUT2D eigenvalue weighted by atomic mass is 9.88. The molecule has 0 bridgehead atoms. The van der Waals surface area contributed by atoms with Crippen LogP contribution in [0.25, 0.3) is 0 Å². The zero-order valence-corrected chi connectivity index (χ0v) is 11.5. The molecule has 0 aromatic heterocycles. The molecule has 0 aliphatic heterocycles. The molecule has 0 amide bonds. The van der Waals surface area contributed by atoms with Gasteiger partial charge in [0.25, 0.3) is 0 Å². The summed E-state index contributed by atoms with van der Waals surface area (Å²) in [6.45, 7) is 14.9. The van der Waals surface area contributed by atoms with Gasteiger partial charge < -0.3 is 10.2 Å². The molecule has 0 radical (unpaired) electrons. The normalized spacial score (nSPS) is 13.8. The topological polar surface area (TPSA) is 39.1 Å². The summed E-state index contributed by atoms with van der Waals surface area (Å²) in [6.07, 6.45) is 0.905. The van der Waals surface area contributed by atoms with Crippen molar-refractivity contribution in [2.24, 2.45) is 5.41 Å². The van der Waals surface area contributed by atoms with Crippen LogP contribution in [0, 0.1) is 16.7 Å². The minimum atomic E-state index is -0.0180. The molecule has 0 fully saturated rings. The summed E-state index contributed by atoms with van der Waals surface area (Å²) in [7, 11) is 0. The molecule has 1 atom stereocenters. The highest BCUT2D eigenvalue weighted by atomic mass is 15.1. The zero-order valence-electron chi connectivity index (χ0n) is 11.5. The molecule has 3 nitrogen and oxygen atoms in total. The largest absolute Gasteiger partial charge is 0.303 e. The Morgan fingerprint density at radius 1 is 1.25 bits per heavy atom. The average molecular weight is 225 g/mol. The molecule has 0 aliphatic carbocycles. The van der Waals surface area contributed by atoms with Crippen LogP contribution >= 0.6 is 0 Å². The second-order valence-corrected chi connectivity index (χ2v) is 5.43. The number of nitrogens with zero attached hydrogens (tertiary/aromatic N) is 2. The van der Waals surface area contributed by atoms with Crippen molar-refractivity contribution in [1.29, 1.82) is 5.26 Å². The molecule has 0 heterocycles. The van der Waals surface area contributed by atoms with Gasteiger partial charge in [-0.05, 0) is 24.9 Å². The molecule has 0 saturated heterocycles. The highest BCUT2D eigenvalue weighted by molar-refractivity contribution is 4.92. The lowest BCUT2D eigenvalue weighted by Gasteiger charge is -2.24. The fourth-order valence-corrected chi connectivity index (χ4v) is 1.71. The first-order chi connectivity index (χ1) is 7.42. The van der Waals surface area contributed by atoms with E-state index in [0.717, 1.165) is 32.6 Å². The van der Waals surface area contributed by atoms with E-state index in [0.29, 0.717) is 0 Å². The van der Waals surface area contributed by atoms with Gasteiger partial charge in [0, 0.05) is 13.1 Å². The van der Waals surface area contributed by atoms with Gasteiger partial charge in [0.2, 0.25) is 0 Å². The van der Waals surface area contributed by atoms with Gasteiger partial charge in [-0.1, -0.05) is 34.6 Å². The third-order valence-corrected chi connectivity index (χ3v) is 2.69. The first-order valence-corrected chi connectivity index (χ1v) is 6.28. The van der Waals surface area contributed by atoms with Crippen LogP contribution in [0.2, 0.25) is 0 Å². The Morgan fingerprint density at radius 3 is 2.19 bits per heavy atom. The van der Waals surface area contributed by atoms with E-state index < -0.39 is 0 Å². The molecule has 3 heteroatoms. The average Bonchev–Trinajstić information content (AvgIpc) is 2.21. The lowest BCUT2D eigenvalue weighted by molar-refractivity contribution is 0.286. The molecule has 0 aromatic rings. The third-order valence-electron chi connectivity index (χ3n) is 2.69. The van der Waals surface area contributed by atoms with Crippen molar-refractivity contribution in [3.05, 3.63) is 0 Å². The molecule has 94 valence electrons. The van der Waals surface area contributed by atoms with Crippen molar-refractivity contribution < 1.29 is 0 Å². The van der Waals surface area contributed by atoms with Crippen LogP contribution in [0.4, 0.5) is 0 Å². The second-order valence-electron chi connectivity index (χ2n) is 5.43. The van der Waals surface area contributed by atoms with Crippen molar-refractivity contribution in [2.45, 2.75) is 47.1 Å². The summed E-state index contributed by atoms with van der Waals surface area (Å²) >= 11 is 0. The molecule has 0 saturated carbocycles. The van der Waals surface area contributed by atoms with Gasteiger partial charge in [-0.25, -0.2) is 0 Å². The third kappa shape index (κ3) is 7.67. The zero-order chi connectivity index (χ0) is 12.6. The molecule has 1 unspecified atom stereocenters. The van der Waals surface area contributed by atoms with E-state index in [1.54, 1.807) is 0 Å². The van der Waals surface area contributed by atoms with Crippen LogP contribution in [-0.2, 0) is 0 Å². The molecule has 0 rings (SSSR count). The second kappa shape index (κ2) is 7.65. The molecule has 16 heavy (non-hydrogen) atoms. The van der Waals surface area contributed by atoms with Gasteiger partial charge in [0.15, 0.2) is 0 Å². The maximum Gasteiger partial charge on any atom is 0.0958 e. The van der Waals surface area contributed by atoms with Crippen LogP contribution in [0.15, 0.2) is 0 Å². The Morgan fingerprint density at radius 2 is 1.81 bits per heavy atom. The summed E-state index contributed by atoms with van der Waals surface area (Å²) in [4.78, 5) is 2.36. The van der Waals surface area contributed by atoms with E-state index >= 15 is 0 Å². The fourth-order valence-electron chi connectivity index (χ4n) is 1.71. The van der Waals surface area contributed by atoms with Gasteiger partial charge in [-0.3, -0.25) is 0 Å². The van der Waals surface area contributed by atoms with E-state index in [-0.39, 0.29) is 11.5 Å². The molecule has 0 aliphatic rings. The minimum Gasteiger partial charge on any atom is -0.303 e. The lowest BCUT2D eigenvalue weighted by Crippen LogP contribution is -2.38. The summed E-state index contributed by atoms with van der Waals surface area (Å²) in [5, 5.41) is 12.4. The Balaban J connectivity index is 3.85. The van der Waals surface area contributed by atoms with Crippen molar-refractivity contribution >= 4 is 0 Å². The smallest absolute Gasteiger partial charge is 0.0958 e. The molecular formula is C13H27N3. The van der Waals surface area contributed by atoms with Crippen molar-refractivity contribution in [2.75, 3.05) is 26.2 Å². The van der Waals surface area contributed by atoms with Crippen LogP contribution in [-0.4, -0.2) is 37.1 Å². The Bertz CT molecular complexity index is 208. The van der Waals surface area contributed by atoms with Crippen molar-refractivity contribution in [3.8, 4) is 6.07 Å². The standard InChI is InChI=1S/C13H27N3/c1-6-16(7-2)9-8-15-12(11-14)10-13(3,4)5/h12,15H,6-10H2,1-5H3. The van der Waals surface area contributed by atoms with E-state index in [9.17, 15) is 0 Å². The van der Waals surface area contributed by atoms with E-state index in [4.69, 9.17) is 5.26 Å². The maximum absolute atomic E-state index is 9.04. The Labute approximate surface area is 101 Å². The van der Waals surface area contributed by atoms with Crippen LogP contribution < -0.4 is 5.32 Å². The Kier molecular flexibility index (Phi) is 7.36. The van der Waals surface area contributed by atoms with Gasteiger partial charge in [0.05, 0.1) is 12.1 Å². The van der Waals surface area contributed by atoms with Crippen LogP contribution in [0.5, 0.6) is 0 Å². The van der Waals surface area contributed by atoms with E-state index in [1.807, 2.05) is 0 Å². The Hall–Kier alpha value is -0.590. The summed E-state index contributed by atoms with van der Waals surface area (Å²) in [6, 6.07) is 2.32. The highest BCUT2D eigenvalue weighted by Gasteiger charge is 2.17. The number of nitrogens with one attached hydrogen (secondary N) is 1. The first-order valence-electron chi connectivity index (χ1n) is 6.28. The minimum absolute atomic E-state index is 0.0180. The highest BCUT2D eigenvalue weighted by Crippen LogP contribution is 2.20. The van der Waals surface area contributed by atoms with Crippen LogP contribution in [0.1, 0.15) is 41.0 Å². The SMILES string of the molecule is CCN(CC)CCNC(C#N)CC(C)(C)C. The number of hydrogen-bond acceptors (Lipinski definition) is 3. The van der Waals surface area contributed by atoms with Gasteiger partial charge in [-0.2, -0.15) is 5.26 Å². The summed E-state index contributed by atoms with van der Waals surface area (Å²) < 4.78 is 0. The monoisotopic (exact) mass is 225 g/mol. The number of hydrogen-bond donors (Lipinski definition) is 1. The van der Waals surface area contributed by atoms with E-state index in [2.05, 4.69) is 50.9 Å². The van der Waals surface area contributed by atoms with Gasteiger partial charge in [0.1, 0.15) is 0 Å².